The summed E-state index contributed by atoms with van der Waals surface area (Å²) in [7, 11) is 1.97. The van der Waals surface area contributed by atoms with Crippen LogP contribution in [0, 0.1) is 20.8 Å². The van der Waals surface area contributed by atoms with Crippen LogP contribution in [-0.4, -0.2) is 24.4 Å². The van der Waals surface area contributed by atoms with Crippen molar-refractivity contribution in [2.75, 3.05) is 18.9 Å². The molecule has 0 fully saturated rings. The topological polar surface area (TPSA) is 32.3 Å². The molecular weight excluding hydrogens is 272 g/mol. The summed E-state index contributed by atoms with van der Waals surface area (Å²) in [4.78, 5) is 14.1. The molecule has 3 heteroatoms. The number of hydrogen-bond acceptors (Lipinski definition) is 2. The Kier molecular flexibility index (Phi) is 5.34. The van der Waals surface area contributed by atoms with Gasteiger partial charge in [-0.15, -0.1) is 0 Å². The van der Waals surface area contributed by atoms with E-state index in [2.05, 4.69) is 37.4 Å². The number of anilines is 1. The Labute approximate surface area is 133 Å². The molecule has 0 radical (unpaired) electrons. The Morgan fingerprint density at radius 2 is 1.64 bits per heavy atom. The number of rotatable bonds is 5. The fourth-order valence-corrected chi connectivity index (χ4v) is 2.45. The van der Waals surface area contributed by atoms with E-state index in [1.165, 1.54) is 22.3 Å². The fraction of sp³-hybridized carbons (Fsp3) is 0.316. The van der Waals surface area contributed by atoms with E-state index in [0.717, 1.165) is 12.2 Å². The second-order valence-corrected chi connectivity index (χ2v) is 6.02. The van der Waals surface area contributed by atoms with Crippen LogP contribution in [0.15, 0.2) is 42.5 Å². The van der Waals surface area contributed by atoms with Gasteiger partial charge in [-0.1, -0.05) is 41.5 Å². The molecule has 0 saturated heterocycles. The number of carbonyl (C=O) groups is 1. The number of likely N-dealkylation sites (N-methyl/N-ethyl adjacent to an activating group) is 1. The van der Waals surface area contributed by atoms with Crippen molar-refractivity contribution >= 4 is 11.6 Å². The third-order valence-corrected chi connectivity index (χ3v) is 3.69. The summed E-state index contributed by atoms with van der Waals surface area (Å²) < 4.78 is 0. The number of nitrogens with one attached hydrogen (secondary N) is 1. The van der Waals surface area contributed by atoms with E-state index in [-0.39, 0.29) is 5.91 Å². The third kappa shape index (κ3) is 4.71. The van der Waals surface area contributed by atoms with Gasteiger partial charge in [-0.25, -0.2) is 0 Å². The van der Waals surface area contributed by atoms with Gasteiger partial charge in [-0.2, -0.15) is 0 Å². The minimum atomic E-state index is 0.0103. The smallest absolute Gasteiger partial charge is 0.238 e. The zero-order valence-electron chi connectivity index (χ0n) is 13.8. The molecule has 0 spiro atoms. The first-order chi connectivity index (χ1) is 10.4. The molecule has 1 N–H and O–H groups in total. The Hall–Kier alpha value is -2.13. The molecule has 0 unspecified atom stereocenters. The van der Waals surface area contributed by atoms with Gasteiger partial charge in [-0.3, -0.25) is 9.69 Å². The maximum Gasteiger partial charge on any atom is 0.238 e. The van der Waals surface area contributed by atoms with E-state index >= 15 is 0 Å². The van der Waals surface area contributed by atoms with Crippen molar-refractivity contribution in [3.05, 3.63) is 64.7 Å². The second kappa shape index (κ2) is 7.23. The van der Waals surface area contributed by atoms with E-state index < -0.39 is 0 Å². The average Bonchev–Trinajstić information content (AvgIpc) is 2.44. The van der Waals surface area contributed by atoms with Gasteiger partial charge in [0.05, 0.1) is 6.54 Å². The molecule has 1 amide bonds. The largest absolute Gasteiger partial charge is 0.325 e. The lowest BCUT2D eigenvalue weighted by molar-refractivity contribution is -0.117. The first-order valence-corrected chi connectivity index (χ1v) is 7.55. The molecule has 0 atom stereocenters. The Bertz CT molecular complexity index is 647. The maximum atomic E-state index is 12.1. The lowest BCUT2D eigenvalue weighted by Crippen LogP contribution is -2.30. The predicted molar refractivity (Wildman–Crippen MR) is 92.1 cm³/mol. The van der Waals surface area contributed by atoms with Crippen LogP contribution in [0.5, 0.6) is 0 Å². The zero-order valence-corrected chi connectivity index (χ0v) is 13.8. The number of benzene rings is 2. The summed E-state index contributed by atoms with van der Waals surface area (Å²) in [5.74, 6) is 0.0103. The molecule has 3 nitrogen and oxygen atoms in total. The summed E-state index contributed by atoms with van der Waals surface area (Å²) in [6.45, 7) is 7.38. The lowest BCUT2D eigenvalue weighted by Gasteiger charge is -2.18. The molecular formula is C19H24N2O. The van der Waals surface area contributed by atoms with Crippen molar-refractivity contribution in [2.45, 2.75) is 27.3 Å². The minimum absolute atomic E-state index is 0.0103. The molecule has 116 valence electrons. The van der Waals surface area contributed by atoms with Crippen molar-refractivity contribution in [3.8, 4) is 0 Å². The second-order valence-electron chi connectivity index (χ2n) is 6.02. The Morgan fingerprint density at radius 3 is 2.27 bits per heavy atom. The molecule has 0 saturated carbocycles. The number of carbonyl (C=O) groups excluding carboxylic acids is 1. The van der Waals surface area contributed by atoms with Gasteiger partial charge >= 0.3 is 0 Å². The molecule has 2 rings (SSSR count). The van der Waals surface area contributed by atoms with E-state index in [1.807, 2.05) is 43.1 Å². The summed E-state index contributed by atoms with van der Waals surface area (Å²) >= 11 is 0. The first kappa shape index (κ1) is 16.2. The van der Waals surface area contributed by atoms with Gasteiger partial charge in [0.15, 0.2) is 0 Å². The molecule has 0 heterocycles. The number of amides is 1. The van der Waals surface area contributed by atoms with Crippen LogP contribution in [0.25, 0.3) is 0 Å². The van der Waals surface area contributed by atoms with Crippen LogP contribution in [0.2, 0.25) is 0 Å². The number of aryl methyl sites for hydroxylation is 3. The van der Waals surface area contributed by atoms with Crippen LogP contribution in [0.3, 0.4) is 0 Å². The third-order valence-electron chi connectivity index (χ3n) is 3.69. The van der Waals surface area contributed by atoms with E-state index in [4.69, 9.17) is 0 Å². The molecule has 0 aliphatic rings. The van der Waals surface area contributed by atoms with Crippen molar-refractivity contribution in [1.29, 1.82) is 0 Å². The summed E-state index contributed by atoms with van der Waals surface area (Å²) in [6.07, 6.45) is 0. The SMILES string of the molecule is Cc1ccc(NC(=O)CN(C)Cc2ccc(C)cc2C)cc1. The standard InChI is InChI=1S/C19H24N2O/c1-14-6-9-18(10-7-14)20-19(22)13-21(4)12-17-8-5-15(2)11-16(17)3/h5-11H,12-13H2,1-4H3,(H,20,22). The molecule has 0 bridgehead atoms. The lowest BCUT2D eigenvalue weighted by atomic mass is 10.1. The molecule has 2 aromatic rings. The molecule has 0 aliphatic heterocycles. The zero-order chi connectivity index (χ0) is 16.1. The van der Waals surface area contributed by atoms with Gasteiger partial charge < -0.3 is 5.32 Å². The Morgan fingerprint density at radius 1 is 1.00 bits per heavy atom. The highest BCUT2D eigenvalue weighted by atomic mass is 16.2. The van der Waals surface area contributed by atoms with Crippen molar-refractivity contribution in [1.82, 2.24) is 4.90 Å². The Balaban J connectivity index is 1.89. The number of nitrogens with zero attached hydrogens (tertiary/aromatic N) is 1. The molecule has 0 aliphatic carbocycles. The van der Waals surface area contributed by atoms with Gasteiger partial charge in [0.2, 0.25) is 5.91 Å². The van der Waals surface area contributed by atoms with Gasteiger partial charge in [0.25, 0.3) is 0 Å². The van der Waals surface area contributed by atoms with Crippen LogP contribution < -0.4 is 5.32 Å². The van der Waals surface area contributed by atoms with Gasteiger partial charge in [0, 0.05) is 12.2 Å². The molecule has 2 aromatic carbocycles. The highest BCUT2D eigenvalue weighted by Crippen LogP contribution is 2.13. The van der Waals surface area contributed by atoms with Gasteiger partial charge in [0.1, 0.15) is 0 Å². The van der Waals surface area contributed by atoms with Crippen LogP contribution in [-0.2, 0) is 11.3 Å². The quantitative estimate of drug-likeness (QED) is 0.913. The predicted octanol–water partition coefficient (Wildman–Crippen LogP) is 3.68. The monoisotopic (exact) mass is 296 g/mol. The van der Waals surface area contributed by atoms with Crippen molar-refractivity contribution < 1.29 is 4.79 Å². The van der Waals surface area contributed by atoms with E-state index in [1.54, 1.807) is 0 Å². The molecule has 22 heavy (non-hydrogen) atoms. The number of hydrogen-bond donors (Lipinski definition) is 1. The average molecular weight is 296 g/mol. The highest BCUT2D eigenvalue weighted by Gasteiger charge is 2.09. The summed E-state index contributed by atoms with van der Waals surface area (Å²) in [5, 5.41) is 2.93. The fourth-order valence-electron chi connectivity index (χ4n) is 2.45. The minimum Gasteiger partial charge on any atom is -0.325 e. The van der Waals surface area contributed by atoms with Crippen LogP contribution in [0.1, 0.15) is 22.3 Å². The van der Waals surface area contributed by atoms with E-state index in [0.29, 0.717) is 6.54 Å². The maximum absolute atomic E-state index is 12.1. The van der Waals surface area contributed by atoms with Gasteiger partial charge in [-0.05, 0) is 51.1 Å². The van der Waals surface area contributed by atoms with E-state index in [9.17, 15) is 4.79 Å². The van der Waals surface area contributed by atoms with Crippen LogP contribution in [0.4, 0.5) is 5.69 Å². The normalized spacial score (nSPS) is 10.8. The van der Waals surface area contributed by atoms with Crippen molar-refractivity contribution in [3.63, 3.8) is 0 Å². The summed E-state index contributed by atoms with van der Waals surface area (Å²) in [6, 6.07) is 14.3. The van der Waals surface area contributed by atoms with Crippen molar-refractivity contribution in [2.24, 2.45) is 0 Å². The van der Waals surface area contributed by atoms with Crippen LogP contribution >= 0.6 is 0 Å². The molecule has 0 aromatic heterocycles. The highest BCUT2D eigenvalue weighted by molar-refractivity contribution is 5.92. The first-order valence-electron chi connectivity index (χ1n) is 7.55. The summed E-state index contributed by atoms with van der Waals surface area (Å²) in [5.41, 5.74) is 5.82.